The van der Waals surface area contributed by atoms with E-state index in [-0.39, 0.29) is 17.9 Å². The molecular weight excluding hydrogens is 382 g/mol. The van der Waals surface area contributed by atoms with E-state index in [9.17, 15) is 14.7 Å². The largest absolute Gasteiger partial charge is 0.507 e. The highest BCUT2D eigenvalue weighted by atomic mass is 16.5. The zero-order valence-electron chi connectivity index (χ0n) is 17.1. The van der Waals surface area contributed by atoms with E-state index in [4.69, 9.17) is 9.47 Å². The van der Waals surface area contributed by atoms with Crippen molar-refractivity contribution in [3.8, 4) is 11.5 Å². The maximum absolute atomic E-state index is 12.8. The van der Waals surface area contributed by atoms with E-state index < -0.39 is 17.7 Å². The van der Waals surface area contributed by atoms with E-state index in [1.54, 1.807) is 61.7 Å². The second-order valence-corrected chi connectivity index (χ2v) is 6.89. The number of Topliss-reactive ketones (excluding diaryl/α,β-unsaturated/α-hetero) is 1. The molecule has 6 heteroatoms. The van der Waals surface area contributed by atoms with Gasteiger partial charge in [-0.15, -0.1) is 6.58 Å². The molecule has 0 radical (unpaired) electrons. The number of nitrogens with zero attached hydrogens (tertiary/aromatic N) is 1. The number of likely N-dealkylation sites (tertiary alicyclic amines) is 1. The van der Waals surface area contributed by atoms with Crippen molar-refractivity contribution in [1.29, 1.82) is 0 Å². The average Bonchev–Trinajstić information content (AvgIpc) is 3.03. The van der Waals surface area contributed by atoms with Gasteiger partial charge in [0.05, 0.1) is 25.3 Å². The Morgan fingerprint density at radius 3 is 2.30 bits per heavy atom. The summed E-state index contributed by atoms with van der Waals surface area (Å²) < 4.78 is 10.8. The average molecular weight is 407 g/mol. The molecule has 1 heterocycles. The Kier molecular flexibility index (Phi) is 6.57. The molecule has 1 amide bonds. The molecule has 30 heavy (non-hydrogen) atoms. The molecule has 6 nitrogen and oxygen atoms in total. The summed E-state index contributed by atoms with van der Waals surface area (Å²) in [4.78, 5) is 26.9. The van der Waals surface area contributed by atoms with Crippen LogP contribution in [0.2, 0.25) is 0 Å². The van der Waals surface area contributed by atoms with Crippen LogP contribution in [0.4, 0.5) is 0 Å². The topological polar surface area (TPSA) is 76.1 Å². The maximum atomic E-state index is 12.8. The highest BCUT2D eigenvalue weighted by Gasteiger charge is 2.45. The van der Waals surface area contributed by atoms with E-state index >= 15 is 0 Å². The SMILES string of the molecule is C=CCN1C(=O)C(=O)C(=C(O)c2ccc(OCCC)cc2)[C@H]1c1ccc(OC)cc1. The standard InChI is InChI=1S/C24H25NO5/c1-4-14-25-21(16-6-10-18(29-3)11-7-16)20(23(27)24(25)28)22(26)17-8-12-19(13-9-17)30-15-5-2/h4,6-13,21,26H,1,5,14-15H2,2-3H3/t21-/m1/s1. The molecule has 0 spiro atoms. The number of aliphatic hydroxyl groups excluding tert-OH is 1. The van der Waals surface area contributed by atoms with Crippen molar-refractivity contribution >= 4 is 17.4 Å². The molecule has 2 aromatic rings. The second-order valence-electron chi connectivity index (χ2n) is 6.89. The molecule has 1 aliphatic rings. The third kappa shape index (κ3) is 4.08. The number of methoxy groups -OCH3 is 1. The van der Waals surface area contributed by atoms with Gasteiger partial charge < -0.3 is 19.5 Å². The molecule has 3 rings (SSSR count). The fourth-order valence-electron chi connectivity index (χ4n) is 3.42. The molecular formula is C24H25NO5. The molecule has 1 N–H and O–H groups in total. The van der Waals surface area contributed by atoms with Crippen molar-refractivity contribution in [2.75, 3.05) is 20.3 Å². The summed E-state index contributed by atoms with van der Waals surface area (Å²) in [5.74, 6) is -0.279. The fraction of sp³-hybridized carbons (Fsp3) is 0.250. The first-order valence-electron chi connectivity index (χ1n) is 9.78. The number of rotatable bonds is 8. The Bertz CT molecular complexity index is 960. The lowest BCUT2D eigenvalue weighted by molar-refractivity contribution is -0.139. The van der Waals surface area contributed by atoms with E-state index in [1.807, 2.05) is 6.92 Å². The second kappa shape index (κ2) is 9.31. The van der Waals surface area contributed by atoms with Crippen LogP contribution < -0.4 is 9.47 Å². The quantitative estimate of drug-likeness (QED) is 0.309. The molecule has 0 aliphatic carbocycles. The van der Waals surface area contributed by atoms with Gasteiger partial charge in [0.25, 0.3) is 11.7 Å². The monoisotopic (exact) mass is 407 g/mol. The zero-order chi connectivity index (χ0) is 21.7. The number of carbonyl (C=O) groups is 2. The smallest absolute Gasteiger partial charge is 0.295 e. The normalized spacial score (nSPS) is 17.8. The molecule has 0 unspecified atom stereocenters. The lowest BCUT2D eigenvalue weighted by Gasteiger charge is -2.24. The van der Waals surface area contributed by atoms with Crippen molar-refractivity contribution in [3.05, 3.63) is 77.9 Å². The van der Waals surface area contributed by atoms with Gasteiger partial charge in [-0.25, -0.2) is 0 Å². The number of ether oxygens (including phenoxy) is 2. The van der Waals surface area contributed by atoms with E-state index in [2.05, 4.69) is 6.58 Å². The highest BCUT2D eigenvalue weighted by Crippen LogP contribution is 2.39. The van der Waals surface area contributed by atoms with Crippen LogP contribution >= 0.6 is 0 Å². The Morgan fingerprint density at radius 2 is 1.73 bits per heavy atom. The molecule has 2 aromatic carbocycles. The first-order valence-corrected chi connectivity index (χ1v) is 9.78. The number of benzene rings is 2. The van der Waals surface area contributed by atoms with Crippen molar-refractivity contribution in [3.63, 3.8) is 0 Å². The number of hydrogen-bond acceptors (Lipinski definition) is 5. The Labute approximate surface area is 176 Å². The van der Waals surface area contributed by atoms with Crippen LogP contribution in [0.15, 0.2) is 66.8 Å². The van der Waals surface area contributed by atoms with Crippen molar-refractivity contribution in [2.45, 2.75) is 19.4 Å². The van der Waals surface area contributed by atoms with Gasteiger partial charge in [-0.1, -0.05) is 25.1 Å². The van der Waals surface area contributed by atoms with Gasteiger partial charge in [0.1, 0.15) is 17.3 Å². The van der Waals surface area contributed by atoms with Crippen LogP contribution in [-0.4, -0.2) is 42.0 Å². The van der Waals surface area contributed by atoms with Gasteiger partial charge in [-0.3, -0.25) is 9.59 Å². The molecule has 156 valence electrons. The van der Waals surface area contributed by atoms with E-state index in [0.717, 1.165) is 6.42 Å². The van der Waals surface area contributed by atoms with Gasteiger partial charge in [0.2, 0.25) is 0 Å². The molecule has 1 atom stereocenters. The van der Waals surface area contributed by atoms with E-state index in [0.29, 0.717) is 29.2 Å². The molecule has 0 aromatic heterocycles. The van der Waals surface area contributed by atoms with Gasteiger partial charge in [0, 0.05) is 12.1 Å². The number of aliphatic hydroxyl groups is 1. The fourth-order valence-corrected chi connectivity index (χ4v) is 3.42. The van der Waals surface area contributed by atoms with Crippen LogP contribution in [0.3, 0.4) is 0 Å². The summed E-state index contributed by atoms with van der Waals surface area (Å²) in [5, 5.41) is 11.0. The van der Waals surface area contributed by atoms with Gasteiger partial charge in [0.15, 0.2) is 0 Å². The van der Waals surface area contributed by atoms with Crippen molar-refractivity contribution in [1.82, 2.24) is 4.90 Å². The summed E-state index contributed by atoms with van der Waals surface area (Å²) in [6.45, 7) is 6.47. The third-order valence-corrected chi connectivity index (χ3v) is 4.90. The minimum Gasteiger partial charge on any atom is -0.507 e. The summed E-state index contributed by atoms with van der Waals surface area (Å²) in [6, 6.07) is 13.1. The van der Waals surface area contributed by atoms with E-state index in [1.165, 1.54) is 4.90 Å². The van der Waals surface area contributed by atoms with Gasteiger partial charge >= 0.3 is 0 Å². The van der Waals surface area contributed by atoms with Crippen LogP contribution in [0.25, 0.3) is 5.76 Å². The highest BCUT2D eigenvalue weighted by molar-refractivity contribution is 6.46. The Hall–Kier alpha value is -3.54. The predicted octanol–water partition coefficient (Wildman–Crippen LogP) is 4.09. The number of amides is 1. The summed E-state index contributed by atoms with van der Waals surface area (Å²) >= 11 is 0. The minimum absolute atomic E-state index is 0.0502. The minimum atomic E-state index is -0.721. The predicted molar refractivity (Wildman–Crippen MR) is 114 cm³/mol. The maximum Gasteiger partial charge on any atom is 0.295 e. The first kappa shape index (κ1) is 21.2. The van der Waals surface area contributed by atoms with Crippen LogP contribution in [-0.2, 0) is 9.59 Å². The molecule has 1 fully saturated rings. The number of hydrogen-bond donors (Lipinski definition) is 1. The van der Waals surface area contributed by atoms with Crippen molar-refractivity contribution < 1.29 is 24.2 Å². The first-order chi connectivity index (χ1) is 14.5. The number of ketones is 1. The van der Waals surface area contributed by atoms with Crippen LogP contribution in [0.1, 0.15) is 30.5 Å². The molecule has 0 bridgehead atoms. The summed E-state index contributed by atoms with van der Waals surface area (Å²) in [6.07, 6.45) is 2.44. The molecule has 0 saturated carbocycles. The van der Waals surface area contributed by atoms with Gasteiger partial charge in [-0.05, 0) is 48.4 Å². The Balaban J connectivity index is 2.06. The van der Waals surface area contributed by atoms with Crippen LogP contribution in [0.5, 0.6) is 11.5 Å². The Morgan fingerprint density at radius 1 is 1.10 bits per heavy atom. The zero-order valence-corrected chi connectivity index (χ0v) is 17.1. The lowest BCUT2D eigenvalue weighted by Crippen LogP contribution is -2.29. The van der Waals surface area contributed by atoms with Gasteiger partial charge in [-0.2, -0.15) is 0 Å². The van der Waals surface area contributed by atoms with Crippen molar-refractivity contribution in [2.24, 2.45) is 0 Å². The number of carbonyl (C=O) groups excluding carboxylic acids is 2. The molecule has 1 aliphatic heterocycles. The summed E-state index contributed by atoms with van der Waals surface area (Å²) in [5.41, 5.74) is 1.18. The lowest BCUT2D eigenvalue weighted by atomic mass is 9.95. The summed E-state index contributed by atoms with van der Waals surface area (Å²) in [7, 11) is 1.56. The van der Waals surface area contributed by atoms with Crippen LogP contribution in [0, 0.1) is 0 Å². The third-order valence-electron chi connectivity index (χ3n) is 4.90. The molecule has 1 saturated heterocycles.